The van der Waals surface area contributed by atoms with E-state index in [1.165, 1.54) is 0 Å². The van der Waals surface area contributed by atoms with Crippen LogP contribution >= 0.6 is 0 Å². The summed E-state index contributed by atoms with van der Waals surface area (Å²) < 4.78 is 5.52. The molecule has 1 N–H and O–H groups in total. The third kappa shape index (κ3) is 5.45. The Bertz CT molecular complexity index is 342. The highest BCUT2D eigenvalue weighted by Crippen LogP contribution is 2.12. The number of nitrogens with one attached hydrogen (secondary N) is 1. The Morgan fingerprint density at radius 1 is 1.33 bits per heavy atom. The van der Waals surface area contributed by atoms with Crippen LogP contribution in [-0.2, 0) is 6.42 Å². The summed E-state index contributed by atoms with van der Waals surface area (Å²) >= 11 is 0. The van der Waals surface area contributed by atoms with Crippen molar-refractivity contribution in [2.45, 2.75) is 46.1 Å². The molecule has 1 aromatic heterocycles. The molecule has 1 atom stereocenters. The van der Waals surface area contributed by atoms with Crippen LogP contribution in [0.3, 0.4) is 0 Å². The first-order chi connectivity index (χ1) is 8.65. The van der Waals surface area contributed by atoms with Gasteiger partial charge in [-0.05, 0) is 25.8 Å². The Kier molecular flexibility index (Phi) is 6.65. The topological polar surface area (TPSA) is 47.0 Å². The van der Waals surface area contributed by atoms with Gasteiger partial charge in [0.15, 0.2) is 0 Å². The smallest absolute Gasteiger partial charge is 0.216 e. The number of likely N-dealkylation sites (N-methyl/N-ethyl adjacent to an activating group) is 1. The average molecular weight is 251 g/mol. The molecule has 0 aliphatic rings. The van der Waals surface area contributed by atoms with Crippen LogP contribution < -0.4 is 10.1 Å². The van der Waals surface area contributed by atoms with Crippen molar-refractivity contribution in [3.05, 3.63) is 18.1 Å². The quantitative estimate of drug-likeness (QED) is 0.771. The van der Waals surface area contributed by atoms with Crippen LogP contribution in [0.2, 0.25) is 0 Å². The Hall–Kier alpha value is -1.16. The van der Waals surface area contributed by atoms with E-state index in [9.17, 15) is 0 Å². The first kappa shape index (κ1) is 14.9. The molecule has 1 rings (SSSR count). The molecular formula is C14H25N3O. The SMILES string of the molecule is CCCOc1cc(CC(CC(C)C)NC)ncn1. The number of hydrogen-bond acceptors (Lipinski definition) is 4. The van der Waals surface area contributed by atoms with Gasteiger partial charge in [-0.2, -0.15) is 0 Å². The maximum atomic E-state index is 5.52. The molecular weight excluding hydrogens is 226 g/mol. The zero-order chi connectivity index (χ0) is 13.4. The normalized spacial score (nSPS) is 12.7. The van der Waals surface area contributed by atoms with E-state index in [0.717, 1.165) is 25.0 Å². The molecule has 1 unspecified atom stereocenters. The number of hydrogen-bond donors (Lipinski definition) is 1. The lowest BCUT2D eigenvalue weighted by Gasteiger charge is -2.18. The number of aromatic nitrogens is 2. The third-order valence-corrected chi connectivity index (χ3v) is 2.77. The summed E-state index contributed by atoms with van der Waals surface area (Å²) in [5.41, 5.74) is 1.04. The summed E-state index contributed by atoms with van der Waals surface area (Å²) in [6, 6.07) is 2.40. The van der Waals surface area contributed by atoms with Gasteiger partial charge in [0.1, 0.15) is 6.33 Å². The van der Waals surface area contributed by atoms with Gasteiger partial charge in [0.2, 0.25) is 5.88 Å². The third-order valence-electron chi connectivity index (χ3n) is 2.77. The highest BCUT2D eigenvalue weighted by molar-refractivity contribution is 5.14. The molecule has 4 nitrogen and oxygen atoms in total. The fraction of sp³-hybridized carbons (Fsp3) is 0.714. The van der Waals surface area contributed by atoms with Crippen LogP contribution in [0.25, 0.3) is 0 Å². The Morgan fingerprint density at radius 2 is 2.11 bits per heavy atom. The van der Waals surface area contributed by atoms with E-state index in [1.54, 1.807) is 6.33 Å². The lowest BCUT2D eigenvalue weighted by molar-refractivity contribution is 0.304. The van der Waals surface area contributed by atoms with Crippen molar-refractivity contribution in [1.82, 2.24) is 15.3 Å². The van der Waals surface area contributed by atoms with Gasteiger partial charge in [0.25, 0.3) is 0 Å². The van der Waals surface area contributed by atoms with E-state index in [2.05, 4.69) is 36.1 Å². The van der Waals surface area contributed by atoms with Crippen LogP contribution in [-0.4, -0.2) is 29.7 Å². The molecule has 1 heterocycles. The van der Waals surface area contributed by atoms with E-state index in [0.29, 0.717) is 24.4 Å². The highest BCUT2D eigenvalue weighted by Gasteiger charge is 2.11. The molecule has 0 spiro atoms. The minimum Gasteiger partial charge on any atom is -0.478 e. The number of ether oxygens (including phenoxy) is 1. The summed E-state index contributed by atoms with van der Waals surface area (Å²) in [6.07, 6.45) is 4.64. The second kappa shape index (κ2) is 8.03. The molecule has 4 heteroatoms. The van der Waals surface area contributed by atoms with Crippen LogP contribution in [0, 0.1) is 5.92 Å². The molecule has 1 aromatic rings. The van der Waals surface area contributed by atoms with Crippen molar-refractivity contribution in [3.8, 4) is 5.88 Å². The van der Waals surface area contributed by atoms with E-state index in [1.807, 2.05) is 13.1 Å². The summed E-state index contributed by atoms with van der Waals surface area (Å²) in [7, 11) is 2.00. The molecule has 0 saturated heterocycles. The Labute approximate surface area is 110 Å². The second-order valence-corrected chi connectivity index (χ2v) is 5.02. The Morgan fingerprint density at radius 3 is 2.72 bits per heavy atom. The predicted octanol–water partition coefficient (Wildman–Crippen LogP) is 2.44. The largest absolute Gasteiger partial charge is 0.478 e. The predicted molar refractivity (Wildman–Crippen MR) is 73.8 cm³/mol. The molecule has 102 valence electrons. The van der Waals surface area contributed by atoms with Crippen molar-refractivity contribution in [2.75, 3.05) is 13.7 Å². The standard InChI is InChI=1S/C14H25N3O/c1-5-6-18-14-9-13(16-10-17-14)8-12(15-4)7-11(2)3/h9-12,15H,5-8H2,1-4H3. The summed E-state index contributed by atoms with van der Waals surface area (Å²) in [4.78, 5) is 8.43. The van der Waals surface area contributed by atoms with Crippen LogP contribution in [0.15, 0.2) is 12.4 Å². The maximum Gasteiger partial charge on any atom is 0.216 e. The summed E-state index contributed by atoms with van der Waals surface area (Å²) in [6.45, 7) is 7.26. The minimum atomic E-state index is 0.457. The summed E-state index contributed by atoms with van der Waals surface area (Å²) in [5, 5.41) is 3.34. The minimum absolute atomic E-state index is 0.457. The number of nitrogens with zero attached hydrogens (tertiary/aromatic N) is 2. The van der Waals surface area contributed by atoms with Crippen LogP contribution in [0.4, 0.5) is 0 Å². The van der Waals surface area contributed by atoms with Crippen molar-refractivity contribution >= 4 is 0 Å². The van der Waals surface area contributed by atoms with Gasteiger partial charge in [-0.3, -0.25) is 0 Å². The molecule has 0 aromatic carbocycles. The monoisotopic (exact) mass is 251 g/mol. The Balaban J connectivity index is 2.59. The summed E-state index contributed by atoms with van der Waals surface area (Å²) in [5.74, 6) is 1.36. The molecule has 0 amide bonds. The fourth-order valence-electron chi connectivity index (χ4n) is 1.90. The van der Waals surface area contributed by atoms with Crippen LogP contribution in [0.5, 0.6) is 5.88 Å². The first-order valence-electron chi connectivity index (χ1n) is 6.76. The van der Waals surface area contributed by atoms with Crippen molar-refractivity contribution in [3.63, 3.8) is 0 Å². The van der Waals surface area contributed by atoms with Gasteiger partial charge in [-0.25, -0.2) is 9.97 Å². The number of rotatable bonds is 8. The van der Waals surface area contributed by atoms with Crippen molar-refractivity contribution in [2.24, 2.45) is 5.92 Å². The maximum absolute atomic E-state index is 5.52. The molecule has 0 aliphatic heterocycles. The zero-order valence-corrected chi connectivity index (χ0v) is 11.9. The van der Waals surface area contributed by atoms with Crippen molar-refractivity contribution in [1.29, 1.82) is 0 Å². The molecule has 18 heavy (non-hydrogen) atoms. The van der Waals surface area contributed by atoms with Gasteiger partial charge < -0.3 is 10.1 Å². The highest BCUT2D eigenvalue weighted by atomic mass is 16.5. The van der Waals surface area contributed by atoms with Gasteiger partial charge in [0, 0.05) is 24.2 Å². The lowest BCUT2D eigenvalue weighted by Crippen LogP contribution is -2.29. The van der Waals surface area contributed by atoms with E-state index in [-0.39, 0.29) is 0 Å². The van der Waals surface area contributed by atoms with Gasteiger partial charge in [-0.15, -0.1) is 0 Å². The van der Waals surface area contributed by atoms with E-state index >= 15 is 0 Å². The zero-order valence-electron chi connectivity index (χ0n) is 11.9. The second-order valence-electron chi connectivity index (χ2n) is 5.02. The first-order valence-corrected chi connectivity index (χ1v) is 6.76. The lowest BCUT2D eigenvalue weighted by atomic mass is 10.00. The molecule has 0 fully saturated rings. The molecule has 0 aliphatic carbocycles. The van der Waals surface area contributed by atoms with Gasteiger partial charge >= 0.3 is 0 Å². The van der Waals surface area contributed by atoms with E-state index in [4.69, 9.17) is 4.74 Å². The average Bonchev–Trinajstić information content (AvgIpc) is 2.35. The van der Waals surface area contributed by atoms with Gasteiger partial charge in [-0.1, -0.05) is 20.8 Å². The molecule has 0 radical (unpaired) electrons. The van der Waals surface area contributed by atoms with Crippen molar-refractivity contribution < 1.29 is 4.74 Å². The molecule has 0 saturated carbocycles. The molecule has 0 bridgehead atoms. The fourth-order valence-corrected chi connectivity index (χ4v) is 1.90. The van der Waals surface area contributed by atoms with Gasteiger partial charge in [0.05, 0.1) is 6.61 Å². The van der Waals surface area contributed by atoms with E-state index < -0.39 is 0 Å². The van der Waals surface area contributed by atoms with Crippen LogP contribution in [0.1, 0.15) is 39.3 Å².